The van der Waals surface area contributed by atoms with Crippen molar-refractivity contribution >= 4 is 18.0 Å². The molecule has 114 valence electrons. The maximum absolute atomic E-state index is 12.0. The van der Waals surface area contributed by atoms with Gasteiger partial charge in [0.2, 0.25) is 5.91 Å². The topological polar surface area (TPSA) is 46.6 Å². The van der Waals surface area contributed by atoms with Crippen LogP contribution in [0.5, 0.6) is 0 Å². The third kappa shape index (κ3) is 5.81. The molecule has 0 saturated heterocycles. The van der Waals surface area contributed by atoms with Gasteiger partial charge < -0.3 is 9.64 Å². The van der Waals surface area contributed by atoms with E-state index in [2.05, 4.69) is 10.8 Å². The van der Waals surface area contributed by atoms with Crippen LogP contribution in [0.15, 0.2) is 24.3 Å². The molecule has 1 rings (SSSR count). The Morgan fingerprint density at radius 1 is 1.29 bits per heavy atom. The molecule has 0 aliphatic carbocycles. The molecule has 0 unspecified atom stereocenters. The van der Waals surface area contributed by atoms with Crippen molar-refractivity contribution in [2.75, 3.05) is 20.7 Å². The van der Waals surface area contributed by atoms with Crippen molar-refractivity contribution in [3.63, 3.8) is 0 Å². The highest BCUT2D eigenvalue weighted by molar-refractivity contribution is 5.91. The summed E-state index contributed by atoms with van der Waals surface area (Å²) in [6.07, 6.45) is 4.32. The van der Waals surface area contributed by atoms with E-state index in [4.69, 9.17) is 0 Å². The number of carbonyl (C=O) groups is 2. The molecule has 4 nitrogen and oxygen atoms in total. The summed E-state index contributed by atoms with van der Waals surface area (Å²) in [5.41, 5.74) is 3.39. The minimum absolute atomic E-state index is 0.0696. The zero-order valence-corrected chi connectivity index (χ0v) is 13.2. The molecule has 0 spiro atoms. The number of benzene rings is 1. The number of nitrogens with zero attached hydrogens (tertiary/aromatic N) is 1. The molecular formula is C17H23NO3. The Balaban J connectivity index is 2.51. The van der Waals surface area contributed by atoms with Gasteiger partial charge in [-0.2, -0.15) is 0 Å². The molecule has 0 heterocycles. The Bertz CT molecular complexity index is 535. The molecule has 21 heavy (non-hydrogen) atoms. The lowest BCUT2D eigenvalue weighted by molar-refractivity contribution is -0.141. The first-order valence-corrected chi connectivity index (χ1v) is 7.01. The number of hydrogen-bond donors (Lipinski definition) is 0. The largest absolute Gasteiger partial charge is 0.469 e. The van der Waals surface area contributed by atoms with Crippen LogP contribution in [0.2, 0.25) is 0 Å². The number of likely N-dealkylation sites (N-methyl/N-ethyl adjacent to an activating group) is 1. The van der Waals surface area contributed by atoms with Gasteiger partial charge in [0.25, 0.3) is 0 Å². The predicted molar refractivity (Wildman–Crippen MR) is 83.8 cm³/mol. The number of amides is 1. The zero-order chi connectivity index (χ0) is 15.8. The van der Waals surface area contributed by atoms with Gasteiger partial charge in [-0.1, -0.05) is 23.8 Å². The lowest BCUT2D eigenvalue weighted by Crippen LogP contribution is -2.26. The summed E-state index contributed by atoms with van der Waals surface area (Å²) in [6, 6.07) is 6.12. The van der Waals surface area contributed by atoms with Crippen LogP contribution in [0.4, 0.5) is 0 Å². The number of carbonyl (C=O) groups excluding carboxylic acids is 2. The number of rotatable bonds is 6. The Hall–Kier alpha value is -2.10. The second-order valence-electron chi connectivity index (χ2n) is 5.13. The molecule has 0 aliphatic rings. The standard InChI is InChI=1S/C17H23NO3/c1-13-7-8-15(14(2)12-13)9-10-16(19)18(3)11-5-6-17(20)21-4/h7-10,12H,5-6,11H2,1-4H3/b10-9+. The third-order valence-corrected chi connectivity index (χ3v) is 3.31. The first-order valence-electron chi connectivity index (χ1n) is 7.01. The average molecular weight is 289 g/mol. The van der Waals surface area contributed by atoms with Crippen LogP contribution in [0.3, 0.4) is 0 Å². The van der Waals surface area contributed by atoms with Crippen molar-refractivity contribution in [1.29, 1.82) is 0 Å². The summed E-state index contributed by atoms with van der Waals surface area (Å²) in [4.78, 5) is 24.6. The Kier molecular flexibility index (Phi) is 6.66. The zero-order valence-electron chi connectivity index (χ0n) is 13.2. The normalized spacial score (nSPS) is 10.7. The molecule has 0 saturated carbocycles. The third-order valence-electron chi connectivity index (χ3n) is 3.31. The number of methoxy groups -OCH3 is 1. The molecule has 1 aromatic carbocycles. The molecular weight excluding hydrogens is 266 g/mol. The van der Waals surface area contributed by atoms with Crippen molar-refractivity contribution in [3.05, 3.63) is 41.0 Å². The smallest absolute Gasteiger partial charge is 0.305 e. The van der Waals surface area contributed by atoms with Crippen LogP contribution in [0, 0.1) is 13.8 Å². The highest BCUT2D eigenvalue weighted by atomic mass is 16.5. The number of aryl methyl sites for hydroxylation is 2. The summed E-state index contributed by atoms with van der Waals surface area (Å²) in [7, 11) is 3.09. The van der Waals surface area contributed by atoms with E-state index in [1.54, 1.807) is 18.0 Å². The van der Waals surface area contributed by atoms with Gasteiger partial charge in [-0.15, -0.1) is 0 Å². The summed E-state index contributed by atoms with van der Waals surface area (Å²) in [5.74, 6) is -0.318. The summed E-state index contributed by atoms with van der Waals surface area (Å²) in [5, 5.41) is 0. The van der Waals surface area contributed by atoms with E-state index in [1.807, 2.05) is 32.1 Å². The van der Waals surface area contributed by atoms with Gasteiger partial charge in [0.1, 0.15) is 0 Å². The molecule has 0 aromatic heterocycles. The van der Waals surface area contributed by atoms with Crippen molar-refractivity contribution < 1.29 is 14.3 Å². The molecule has 4 heteroatoms. The molecule has 0 bridgehead atoms. The highest BCUT2D eigenvalue weighted by Crippen LogP contribution is 2.12. The fourth-order valence-corrected chi connectivity index (χ4v) is 1.97. The molecule has 1 amide bonds. The molecule has 0 N–H and O–H groups in total. The predicted octanol–water partition coefficient (Wildman–Crippen LogP) is 2.73. The van der Waals surface area contributed by atoms with E-state index < -0.39 is 0 Å². The van der Waals surface area contributed by atoms with Crippen molar-refractivity contribution in [2.24, 2.45) is 0 Å². The minimum Gasteiger partial charge on any atom is -0.469 e. The first-order chi connectivity index (χ1) is 9.93. The Morgan fingerprint density at radius 3 is 2.62 bits per heavy atom. The van der Waals surface area contributed by atoms with Crippen LogP contribution < -0.4 is 0 Å². The highest BCUT2D eigenvalue weighted by Gasteiger charge is 2.06. The van der Waals surface area contributed by atoms with Crippen molar-refractivity contribution in [3.8, 4) is 0 Å². The van der Waals surface area contributed by atoms with Gasteiger partial charge in [0.05, 0.1) is 7.11 Å². The lowest BCUT2D eigenvalue weighted by Gasteiger charge is -2.14. The van der Waals surface area contributed by atoms with Gasteiger partial charge >= 0.3 is 5.97 Å². The summed E-state index contributed by atoms with van der Waals surface area (Å²) >= 11 is 0. The van der Waals surface area contributed by atoms with E-state index in [-0.39, 0.29) is 11.9 Å². The maximum Gasteiger partial charge on any atom is 0.305 e. The van der Waals surface area contributed by atoms with Crippen LogP contribution in [-0.4, -0.2) is 37.5 Å². The average Bonchev–Trinajstić information content (AvgIpc) is 2.45. The fourth-order valence-electron chi connectivity index (χ4n) is 1.97. The van der Waals surface area contributed by atoms with Gasteiger partial charge in [-0.05, 0) is 37.5 Å². The summed E-state index contributed by atoms with van der Waals surface area (Å²) in [6.45, 7) is 4.60. The van der Waals surface area contributed by atoms with E-state index in [9.17, 15) is 9.59 Å². The molecule has 0 radical (unpaired) electrons. The second-order valence-corrected chi connectivity index (χ2v) is 5.13. The Labute approximate surface area is 126 Å². The van der Waals surface area contributed by atoms with E-state index in [0.717, 1.165) is 11.1 Å². The van der Waals surface area contributed by atoms with Gasteiger partial charge in [-0.25, -0.2) is 0 Å². The monoisotopic (exact) mass is 289 g/mol. The van der Waals surface area contributed by atoms with Crippen molar-refractivity contribution in [1.82, 2.24) is 4.90 Å². The number of hydrogen-bond acceptors (Lipinski definition) is 3. The van der Waals surface area contributed by atoms with Crippen molar-refractivity contribution in [2.45, 2.75) is 26.7 Å². The first kappa shape index (κ1) is 17.0. The second kappa shape index (κ2) is 8.25. The van der Waals surface area contributed by atoms with Crippen LogP contribution in [-0.2, 0) is 14.3 Å². The molecule has 1 aromatic rings. The quantitative estimate of drug-likeness (QED) is 0.597. The summed E-state index contributed by atoms with van der Waals surface area (Å²) < 4.78 is 4.56. The number of ether oxygens (including phenoxy) is 1. The van der Waals surface area contributed by atoms with Crippen LogP contribution in [0.1, 0.15) is 29.5 Å². The Morgan fingerprint density at radius 2 is 2.00 bits per heavy atom. The minimum atomic E-state index is -0.248. The number of esters is 1. The van der Waals surface area contributed by atoms with Crippen LogP contribution in [0.25, 0.3) is 6.08 Å². The van der Waals surface area contributed by atoms with Crippen LogP contribution >= 0.6 is 0 Å². The SMILES string of the molecule is COC(=O)CCCN(C)C(=O)/C=C/c1ccc(C)cc1C. The van der Waals surface area contributed by atoms with E-state index in [1.165, 1.54) is 12.7 Å². The molecule has 0 fully saturated rings. The fraction of sp³-hybridized carbons (Fsp3) is 0.412. The van der Waals surface area contributed by atoms with Gasteiger partial charge in [0.15, 0.2) is 0 Å². The molecule has 0 aliphatic heterocycles. The molecule has 0 atom stereocenters. The van der Waals surface area contributed by atoms with Gasteiger partial charge in [0, 0.05) is 26.1 Å². The van der Waals surface area contributed by atoms with Gasteiger partial charge in [-0.3, -0.25) is 9.59 Å². The maximum atomic E-state index is 12.0. The lowest BCUT2D eigenvalue weighted by atomic mass is 10.1. The van der Waals surface area contributed by atoms with E-state index in [0.29, 0.717) is 19.4 Å². The van der Waals surface area contributed by atoms with E-state index >= 15 is 0 Å².